The van der Waals surface area contributed by atoms with Gasteiger partial charge in [0.15, 0.2) is 0 Å². The Balaban J connectivity index is 1.54. The summed E-state index contributed by atoms with van der Waals surface area (Å²) in [5.74, 6) is -13.4. The van der Waals surface area contributed by atoms with Gasteiger partial charge in [0.25, 0.3) is 5.91 Å². The smallest absolute Gasteiger partial charge is 0.351 e. The standard InChI is InChI=1S/C34H43F5N6O5/c1-5-26(46)42-28(31(48)45-16-14-44(3)15-17-45)20(2)22-6-8-25(24(35)18-22)41-30(47)29(21-10-12-33(36,37)13-11-21)43-32(49)34(38,39)23-7-9-27(50-4)40-19-23/h6-9,18-21,28-29H,5,10-17H2,1-4H3,(H,41,47)(H,42,46)(H,43,49). The maximum atomic E-state index is 15.6. The fourth-order valence-corrected chi connectivity index (χ4v) is 6.06. The largest absolute Gasteiger partial charge is 0.481 e. The molecule has 2 aromatic rings. The lowest BCUT2D eigenvalue weighted by molar-refractivity contribution is -0.150. The summed E-state index contributed by atoms with van der Waals surface area (Å²) in [6.45, 7) is 5.51. The Morgan fingerprint density at radius 3 is 2.26 bits per heavy atom. The van der Waals surface area contributed by atoms with Gasteiger partial charge in [-0.05, 0) is 49.6 Å². The number of halogens is 5. The van der Waals surface area contributed by atoms with Gasteiger partial charge in [0.05, 0.1) is 12.8 Å². The SMILES string of the molecule is CCC(=O)NC(C(=O)N1CCN(C)CC1)C(C)c1ccc(NC(=O)C(NC(=O)C(F)(F)c2ccc(OC)nc2)C2CCC(F)(F)CC2)c(F)c1. The van der Waals surface area contributed by atoms with Crippen molar-refractivity contribution in [3.8, 4) is 5.88 Å². The molecule has 1 saturated heterocycles. The topological polar surface area (TPSA) is 133 Å². The van der Waals surface area contributed by atoms with Gasteiger partial charge in [-0.3, -0.25) is 19.2 Å². The van der Waals surface area contributed by atoms with E-state index in [-0.39, 0.29) is 42.6 Å². The average molecular weight is 711 g/mol. The monoisotopic (exact) mass is 710 g/mol. The number of hydrogen-bond acceptors (Lipinski definition) is 7. The summed E-state index contributed by atoms with van der Waals surface area (Å²) in [5, 5.41) is 7.08. The van der Waals surface area contributed by atoms with Gasteiger partial charge in [-0.15, -0.1) is 0 Å². The highest BCUT2D eigenvalue weighted by Crippen LogP contribution is 2.38. The molecule has 4 amide bonds. The zero-order valence-corrected chi connectivity index (χ0v) is 28.4. The molecule has 1 aliphatic heterocycles. The first-order valence-corrected chi connectivity index (χ1v) is 16.5. The van der Waals surface area contributed by atoms with Crippen LogP contribution in [0.15, 0.2) is 36.5 Å². The van der Waals surface area contributed by atoms with Gasteiger partial charge in [-0.2, -0.15) is 8.78 Å². The molecule has 0 radical (unpaired) electrons. The van der Waals surface area contributed by atoms with Gasteiger partial charge < -0.3 is 30.5 Å². The van der Waals surface area contributed by atoms with E-state index in [2.05, 4.69) is 20.5 Å². The number of methoxy groups -OCH3 is 1. The van der Waals surface area contributed by atoms with Crippen LogP contribution in [0.4, 0.5) is 27.6 Å². The van der Waals surface area contributed by atoms with Gasteiger partial charge in [-0.1, -0.05) is 19.9 Å². The number of amides is 4. The van der Waals surface area contributed by atoms with Gasteiger partial charge in [0.2, 0.25) is 29.5 Å². The predicted octanol–water partition coefficient (Wildman–Crippen LogP) is 4.04. The summed E-state index contributed by atoms with van der Waals surface area (Å²) >= 11 is 0. The molecule has 16 heteroatoms. The molecule has 0 bridgehead atoms. The third kappa shape index (κ3) is 9.25. The Morgan fingerprint density at radius 1 is 1.04 bits per heavy atom. The second-order valence-electron chi connectivity index (χ2n) is 12.9. The summed E-state index contributed by atoms with van der Waals surface area (Å²) in [7, 11) is 3.21. The number of piperazine rings is 1. The quantitative estimate of drug-likeness (QED) is 0.284. The van der Waals surface area contributed by atoms with Crippen molar-refractivity contribution in [1.29, 1.82) is 0 Å². The average Bonchev–Trinajstić information content (AvgIpc) is 3.10. The zero-order chi connectivity index (χ0) is 36.8. The first-order chi connectivity index (χ1) is 23.6. The molecule has 1 aromatic heterocycles. The first kappa shape index (κ1) is 38.5. The van der Waals surface area contributed by atoms with E-state index in [4.69, 9.17) is 4.74 Å². The lowest BCUT2D eigenvalue weighted by Gasteiger charge is -2.36. The minimum absolute atomic E-state index is 0.0237. The maximum absolute atomic E-state index is 15.6. The molecule has 3 atom stereocenters. The highest BCUT2D eigenvalue weighted by molar-refractivity contribution is 5.98. The van der Waals surface area contributed by atoms with Gasteiger partial charge in [0.1, 0.15) is 17.9 Å². The zero-order valence-electron chi connectivity index (χ0n) is 28.4. The van der Waals surface area contributed by atoms with Crippen molar-refractivity contribution in [2.24, 2.45) is 5.92 Å². The van der Waals surface area contributed by atoms with Crippen molar-refractivity contribution in [3.63, 3.8) is 0 Å². The molecule has 2 heterocycles. The maximum Gasteiger partial charge on any atom is 0.351 e. The highest BCUT2D eigenvalue weighted by Gasteiger charge is 2.46. The normalized spacial score (nSPS) is 18.8. The number of carbonyl (C=O) groups excluding carboxylic acids is 4. The Bertz CT molecular complexity index is 1530. The number of ether oxygens (including phenoxy) is 1. The molecule has 11 nitrogen and oxygen atoms in total. The predicted molar refractivity (Wildman–Crippen MR) is 173 cm³/mol. The molecule has 0 spiro atoms. The van der Waals surface area contributed by atoms with Crippen LogP contribution < -0.4 is 20.7 Å². The molecule has 3 unspecified atom stereocenters. The molecule has 50 heavy (non-hydrogen) atoms. The van der Waals surface area contributed by atoms with Crippen LogP contribution in [0.1, 0.15) is 63.0 Å². The first-order valence-electron chi connectivity index (χ1n) is 16.5. The van der Waals surface area contributed by atoms with E-state index in [1.54, 1.807) is 18.7 Å². The molecular formula is C34H43F5N6O5. The van der Waals surface area contributed by atoms with Crippen molar-refractivity contribution in [3.05, 3.63) is 53.5 Å². The number of aromatic nitrogens is 1. The number of alkyl halides is 4. The van der Waals surface area contributed by atoms with Gasteiger partial charge in [-0.25, -0.2) is 18.2 Å². The second kappa shape index (κ2) is 16.1. The Kier molecular flexibility index (Phi) is 12.4. The number of nitrogens with one attached hydrogen (secondary N) is 3. The van der Waals surface area contributed by atoms with Crippen LogP contribution in [-0.4, -0.2) is 96.8 Å². The molecule has 1 saturated carbocycles. The van der Waals surface area contributed by atoms with E-state index >= 15 is 13.2 Å². The number of nitrogens with zero attached hydrogens (tertiary/aromatic N) is 3. The molecule has 1 aromatic carbocycles. The summed E-state index contributed by atoms with van der Waals surface area (Å²) in [4.78, 5) is 59.7. The minimum atomic E-state index is -4.16. The fourth-order valence-electron chi connectivity index (χ4n) is 6.06. The van der Waals surface area contributed by atoms with Crippen LogP contribution in [0, 0.1) is 11.7 Å². The molecule has 3 N–H and O–H groups in total. The Morgan fingerprint density at radius 2 is 1.70 bits per heavy atom. The number of rotatable bonds is 12. The fraction of sp³-hybridized carbons (Fsp3) is 0.559. The van der Waals surface area contributed by atoms with E-state index in [0.717, 1.165) is 24.4 Å². The third-order valence-electron chi connectivity index (χ3n) is 9.39. The number of pyridine rings is 1. The summed E-state index contributed by atoms with van der Waals surface area (Å²) in [5.41, 5.74) is -0.825. The van der Waals surface area contributed by atoms with Crippen molar-refractivity contribution >= 4 is 29.3 Å². The van der Waals surface area contributed by atoms with E-state index in [1.165, 1.54) is 19.2 Å². The van der Waals surface area contributed by atoms with E-state index in [9.17, 15) is 28.0 Å². The van der Waals surface area contributed by atoms with Crippen LogP contribution in [0.3, 0.4) is 0 Å². The van der Waals surface area contributed by atoms with Crippen LogP contribution in [0.2, 0.25) is 0 Å². The Labute approximate surface area is 287 Å². The minimum Gasteiger partial charge on any atom is -0.481 e. The number of hydrogen-bond donors (Lipinski definition) is 3. The lowest BCUT2D eigenvalue weighted by atomic mass is 9.81. The van der Waals surface area contributed by atoms with E-state index in [0.29, 0.717) is 31.7 Å². The van der Waals surface area contributed by atoms with Crippen molar-refractivity contribution in [2.75, 3.05) is 45.7 Å². The number of anilines is 1. The van der Waals surface area contributed by atoms with Crippen LogP contribution >= 0.6 is 0 Å². The van der Waals surface area contributed by atoms with E-state index in [1.807, 2.05) is 12.4 Å². The molecule has 274 valence electrons. The van der Waals surface area contributed by atoms with Crippen LogP contribution in [0.5, 0.6) is 5.88 Å². The van der Waals surface area contributed by atoms with Crippen molar-refractivity contribution in [2.45, 2.75) is 75.8 Å². The van der Waals surface area contributed by atoms with Crippen LogP contribution in [-0.2, 0) is 25.1 Å². The number of benzene rings is 1. The summed E-state index contributed by atoms with van der Waals surface area (Å²) < 4.78 is 78.8. The highest BCUT2D eigenvalue weighted by atomic mass is 19.3. The van der Waals surface area contributed by atoms with Gasteiger partial charge in [0, 0.05) is 69.2 Å². The number of carbonyl (C=O) groups is 4. The molecule has 4 rings (SSSR count). The van der Waals surface area contributed by atoms with Crippen molar-refractivity contribution < 1.29 is 45.9 Å². The number of likely N-dealkylation sites (N-methyl/N-ethyl adjacent to an activating group) is 1. The molecule has 1 aliphatic carbocycles. The molecule has 2 aliphatic rings. The van der Waals surface area contributed by atoms with Crippen molar-refractivity contribution in [1.82, 2.24) is 25.4 Å². The summed E-state index contributed by atoms with van der Waals surface area (Å²) in [6.07, 6.45) is -0.904. The van der Waals surface area contributed by atoms with Gasteiger partial charge >= 0.3 is 5.92 Å². The van der Waals surface area contributed by atoms with Crippen LogP contribution in [0.25, 0.3) is 0 Å². The molecular weight excluding hydrogens is 667 g/mol. The second-order valence-corrected chi connectivity index (χ2v) is 12.9. The summed E-state index contributed by atoms with van der Waals surface area (Å²) in [6, 6.07) is 3.09. The van der Waals surface area contributed by atoms with E-state index < -0.39 is 71.8 Å². The Hall–Kier alpha value is -4.34. The third-order valence-corrected chi connectivity index (χ3v) is 9.39. The molecule has 2 fully saturated rings. The lowest BCUT2D eigenvalue weighted by Crippen LogP contribution is -2.55.